The number of halogens is 2. The molecule has 2 heterocycles. The molecule has 230 valence electrons. The van der Waals surface area contributed by atoms with Gasteiger partial charge in [-0.3, -0.25) is 9.78 Å². The lowest BCUT2D eigenvalue weighted by atomic mass is 9.82. The third kappa shape index (κ3) is 7.88. The molecule has 6 nitrogen and oxygen atoms in total. The smallest absolute Gasteiger partial charge is 0.307 e. The van der Waals surface area contributed by atoms with Crippen LogP contribution in [0.5, 0.6) is 11.5 Å². The molecule has 3 aromatic carbocycles. The number of carboxylic acids is 1. The zero-order chi connectivity index (χ0) is 31.3. The van der Waals surface area contributed by atoms with Gasteiger partial charge in [-0.1, -0.05) is 49.7 Å². The number of aliphatic carboxylic acids is 1. The minimum atomic E-state index is -0.894. The van der Waals surface area contributed by atoms with E-state index in [9.17, 15) is 14.3 Å². The van der Waals surface area contributed by atoms with Crippen molar-refractivity contribution in [2.45, 2.75) is 53.1 Å². The first-order valence-electron chi connectivity index (χ1n) is 14.9. The predicted octanol–water partition coefficient (Wildman–Crippen LogP) is 8.30. The molecule has 0 amide bonds. The largest absolute Gasteiger partial charge is 0.493 e. The second-order valence-electron chi connectivity index (χ2n) is 12.1. The van der Waals surface area contributed by atoms with Crippen LogP contribution >= 0.6 is 11.6 Å². The van der Waals surface area contributed by atoms with Gasteiger partial charge in [-0.05, 0) is 84.8 Å². The normalized spacial score (nSPS) is 14.3. The Morgan fingerprint density at radius 1 is 0.955 bits per heavy atom. The van der Waals surface area contributed by atoms with Gasteiger partial charge in [-0.2, -0.15) is 0 Å². The summed E-state index contributed by atoms with van der Waals surface area (Å²) in [5.74, 6) is 0.227. The van der Waals surface area contributed by atoms with Crippen molar-refractivity contribution in [1.29, 1.82) is 0 Å². The molecular weight excluding hydrogens is 579 g/mol. The number of piperidine rings is 1. The number of ether oxygens (including phenoxy) is 2. The van der Waals surface area contributed by atoms with Crippen molar-refractivity contribution in [3.05, 3.63) is 106 Å². The monoisotopic (exact) mass is 616 g/mol. The maximum Gasteiger partial charge on any atom is 0.307 e. The molecular formula is C36H38ClFN2O4. The SMILES string of the molecule is Cc1nc(COc2ccc(Cl)cc2)c(-c2ccc(OCCc3ccc(F)cc3)cc2)c(N2CCC(C)(C)CC2)c1CC(=O)O. The van der Waals surface area contributed by atoms with Crippen LogP contribution in [0, 0.1) is 18.2 Å². The highest BCUT2D eigenvalue weighted by Crippen LogP contribution is 2.42. The summed E-state index contributed by atoms with van der Waals surface area (Å²) < 4.78 is 25.4. The molecule has 1 aliphatic heterocycles. The summed E-state index contributed by atoms with van der Waals surface area (Å²) >= 11 is 6.08. The number of pyridine rings is 1. The van der Waals surface area contributed by atoms with E-state index in [2.05, 4.69) is 18.7 Å². The number of aryl methyl sites for hydroxylation is 1. The number of aromatic nitrogens is 1. The van der Waals surface area contributed by atoms with E-state index in [-0.39, 0.29) is 24.3 Å². The first-order valence-corrected chi connectivity index (χ1v) is 15.3. The van der Waals surface area contributed by atoms with Crippen LogP contribution in [0.3, 0.4) is 0 Å². The fourth-order valence-electron chi connectivity index (χ4n) is 5.58. The number of benzene rings is 3. The van der Waals surface area contributed by atoms with E-state index >= 15 is 0 Å². The number of anilines is 1. The summed E-state index contributed by atoms with van der Waals surface area (Å²) in [4.78, 5) is 19.3. The van der Waals surface area contributed by atoms with Crippen LogP contribution < -0.4 is 14.4 Å². The fourth-order valence-corrected chi connectivity index (χ4v) is 5.70. The van der Waals surface area contributed by atoms with Gasteiger partial charge in [0.1, 0.15) is 23.9 Å². The summed E-state index contributed by atoms with van der Waals surface area (Å²) in [5, 5.41) is 10.5. The van der Waals surface area contributed by atoms with Gasteiger partial charge in [0.05, 0.1) is 24.4 Å². The molecule has 1 saturated heterocycles. The standard InChI is InChI=1S/C36H38ClFN2O4/c1-24-31(22-33(41)42)35(40-19-17-36(2,3)18-20-40)34(32(39-24)23-44-30-14-8-27(37)9-15-30)26-6-12-29(13-7-26)43-21-16-25-4-10-28(38)11-5-25/h4-15H,16-23H2,1-3H3,(H,41,42). The van der Waals surface area contributed by atoms with Gasteiger partial charge in [-0.25, -0.2) is 4.39 Å². The van der Waals surface area contributed by atoms with Crippen molar-refractivity contribution < 1.29 is 23.8 Å². The van der Waals surface area contributed by atoms with Crippen LogP contribution in [0.15, 0.2) is 72.8 Å². The van der Waals surface area contributed by atoms with E-state index in [0.29, 0.717) is 35.2 Å². The van der Waals surface area contributed by atoms with Crippen molar-refractivity contribution in [2.75, 3.05) is 24.6 Å². The molecule has 0 radical (unpaired) electrons. The lowest BCUT2D eigenvalue weighted by Crippen LogP contribution is -2.38. The van der Waals surface area contributed by atoms with Crippen LogP contribution in [0.1, 0.15) is 49.2 Å². The van der Waals surface area contributed by atoms with Gasteiger partial charge in [0.15, 0.2) is 0 Å². The Kier molecular flexibility index (Phi) is 9.74. The average Bonchev–Trinajstić information content (AvgIpc) is 2.99. The van der Waals surface area contributed by atoms with Gasteiger partial charge < -0.3 is 19.5 Å². The summed E-state index contributed by atoms with van der Waals surface area (Å²) in [7, 11) is 0. The zero-order valence-electron chi connectivity index (χ0n) is 25.4. The average molecular weight is 617 g/mol. The Morgan fingerprint density at radius 2 is 1.57 bits per heavy atom. The van der Waals surface area contributed by atoms with Crippen molar-refractivity contribution in [2.24, 2.45) is 5.41 Å². The molecule has 1 N–H and O–H groups in total. The Balaban J connectivity index is 1.50. The van der Waals surface area contributed by atoms with Gasteiger partial charge >= 0.3 is 5.97 Å². The second kappa shape index (κ2) is 13.7. The van der Waals surface area contributed by atoms with E-state index in [1.54, 1.807) is 24.3 Å². The molecule has 4 aromatic rings. The predicted molar refractivity (Wildman–Crippen MR) is 172 cm³/mol. The molecule has 1 aromatic heterocycles. The van der Waals surface area contributed by atoms with E-state index in [4.69, 9.17) is 26.1 Å². The first-order chi connectivity index (χ1) is 21.1. The second-order valence-corrected chi connectivity index (χ2v) is 12.5. The maximum atomic E-state index is 13.2. The molecule has 0 aliphatic carbocycles. The number of rotatable bonds is 11. The first kappa shape index (κ1) is 31.3. The number of hydrogen-bond acceptors (Lipinski definition) is 5. The third-order valence-electron chi connectivity index (χ3n) is 8.22. The molecule has 0 saturated carbocycles. The lowest BCUT2D eigenvalue weighted by molar-refractivity contribution is -0.136. The van der Waals surface area contributed by atoms with Gasteiger partial charge in [0.25, 0.3) is 0 Å². The third-order valence-corrected chi connectivity index (χ3v) is 8.47. The molecule has 5 rings (SSSR count). The van der Waals surface area contributed by atoms with Crippen LogP contribution in [0.2, 0.25) is 5.02 Å². The Bertz CT molecular complexity index is 1580. The zero-order valence-corrected chi connectivity index (χ0v) is 26.2. The van der Waals surface area contributed by atoms with E-state index in [1.165, 1.54) is 12.1 Å². The number of nitrogens with zero attached hydrogens (tertiary/aromatic N) is 2. The molecule has 0 atom stereocenters. The van der Waals surface area contributed by atoms with Crippen molar-refractivity contribution in [3.63, 3.8) is 0 Å². The van der Waals surface area contributed by atoms with Crippen LogP contribution in [-0.4, -0.2) is 35.8 Å². The fraction of sp³-hybridized carbons (Fsp3) is 0.333. The summed E-state index contributed by atoms with van der Waals surface area (Å²) in [5.41, 5.74) is 6.06. The van der Waals surface area contributed by atoms with Gasteiger partial charge in [-0.15, -0.1) is 0 Å². The molecule has 8 heteroatoms. The summed E-state index contributed by atoms with van der Waals surface area (Å²) in [6.45, 7) is 8.73. The maximum absolute atomic E-state index is 13.2. The molecule has 0 bridgehead atoms. The minimum absolute atomic E-state index is 0.121. The highest BCUT2D eigenvalue weighted by Gasteiger charge is 2.31. The molecule has 1 fully saturated rings. The van der Waals surface area contributed by atoms with Crippen LogP contribution in [0.25, 0.3) is 11.1 Å². The molecule has 1 aliphatic rings. The van der Waals surface area contributed by atoms with Gasteiger partial charge in [0, 0.05) is 41.4 Å². The van der Waals surface area contributed by atoms with Gasteiger partial charge in [0.2, 0.25) is 0 Å². The van der Waals surface area contributed by atoms with Crippen molar-refractivity contribution in [3.8, 4) is 22.6 Å². The molecule has 0 unspecified atom stereocenters. The number of hydrogen-bond donors (Lipinski definition) is 1. The van der Waals surface area contributed by atoms with Crippen molar-refractivity contribution >= 4 is 23.3 Å². The number of carbonyl (C=O) groups is 1. The van der Waals surface area contributed by atoms with Crippen LogP contribution in [-0.2, 0) is 24.2 Å². The molecule has 44 heavy (non-hydrogen) atoms. The highest BCUT2D eigenvalue weighted by molar-refractivity contribution is 6.30. The Hall–Kier alpha value is -4.10. The van der Waals surface area contributed by atoms with Crippen molar-refractivity contribution in [1.82, 2.24) is 4.98 Å². The quantitative estimate of drug-likeness (QED) is 0.183. The lowest BCUT2D eigenvalue weighted by Gasteiger charge is -2.40. The summed E-state index contributed by atoms with van der Waals surface area (Å²) in [6, 6.07) is 21.5. The topological polar surface area (TPSA) is 71.9 Å². The Labute approximate surface area is 263 Å². The van der Waals surface area contributed by atoms with E-state index in [1.807, 2.05) is 43.3 Å². The number of carboxylic acid groups (broad SMARTS) is 1. The molecule has 0 spiro atoms. The Morgan fingerprint density at radius 3 is 2.20 bits per heavy atom. The minimum Gasteiger partial charge on any atom is -0.493 e. The van der Waals surface area contributed by atoms with Crippen LogP contribution in [0.4, 0.5) is 10.1 Å². The van der Waals surface area contributed by atoms with E-state index < -0.39 is 5.97 Å². The highest BCUT2D eigenvalue weighted by atomic mass is 35.5. The summed E-state index contributed by atoms with van der Waals surface area (Å²) in [6.07, 6.45) is 2.53. The van der Waals surface area contributed by atoms with E-state index in [0.717, 1.165) is 59.6 Å².